The van der Waals surface area contributed by atoms with Crippen molar-refractivity contribution >= 4 is 17.7 Å². The number of amides is 2. The average molecular weight is 346 g/mol. The number of carbonyl (C=O) groups excluding carboxylic acids is 2. The third kappa shape index (κ3) is 6.14. The summed E-state index contributed by atoms with van der Waals surface area (Å²) in [4.78, 5) is 23.3. The minimum Gasteiger partial charge on any atom is -0.492 e. The van der Waals surface area contributed by atoms with Gasteiger partial charge in [0.15, 0.2) is 0 Å². The molecule has 25 heavy (non-hydrogen) atoms. The summed E-state index contributed by atoms with van der Waals surface area (Å²) in [5, 5.41) is 5.27. The van der Waals surface area contributed by atoms with Gasteiger partial charge in [0.1, 0.15) is 18.2 Å². The molecule has 0 radical (unpaired) electrons. The van der Waals surface area contributed by atoms with E-state index in [1.165, 1.54) is 24.3 Å². The Labute approximate surface area is 144 Å². The van der Waals surface area contributed by atoms with Crippen molar-refractivity contribution in [2.24, 2.45) is 0 Å². The molecule has 0 heterocycles. The largest absolute Gasteiger partial charge is 0.492 e. The number of anilines is 1. The Hall–Kier alpha value is -3.09. The number of carbonyl (C=O) groups is 2. The Kier molecular flexibility index (Phi) is 6.76. The molecule has 0 saturated heterocycles. The van der Waals surface area contributed by atoms with Crippen LogP contribution in [0.2, 0.25) is 0 Å². The number of halogens is 1. The van der Waals surface area contributed by atoms with Gasteiger partial charge in [-0.1, -0.05) is 0 Å². The molecule has 0 unspecified atom stereocenters. The summed E-state index contributed by atoms with van der Waals surface area (Å²) in [7, 11) is 0. The third-order valence-electron chi connectivity index (χ3n) is 3.12. The standard InChI is InChI=1S/C18H19FN2O4/c1-2-24-17(22)13-3-7-15(8-4-13)21-18(23)20-11-12-25-16-9-5-14(19)6-10-16/h3-10H,2,11-12H2,1H3,(H2,20,21,23). The van der Waals surface area contributed by atoms with Crippen LogP contribution in [0, 0.1) is 5.82 Å². The minimum atomic E-state index is -0.406. The Morgan fingerprint density at radius 1 is 1.04 bits per heavy atom. The van der Waals surface area contributed by atoms with Crippen LogP contribution in [0.25, 0.3) is 0 Å². The predicted octanol–water partition coefficient (Wildman–Crippen LogP) is 3.20. The fourth-order valence-corrected chi connectivity index (χ4v) is 1.94. The van der Waals surface area contributed by atoms with Crippen molar-refractivity contribution in [3.05, 3.63) is 59.9 Å². The van der Waals surface area contributed by atoms with Crippen molar-refractivity contribution in [2.45, 2.75) is 6.92 Å². The van der Waals surface area contributed by atoms with Crippen LogP contribution in [-0.2, 0) is 4.74 Å². The van der Waals surface area contributed by atoms with Gasteiger partial charge in [-0.2, -0.15) is 0 Å². The zero-order valence-electron chi connectivity index (χ0n) is 13.8. The van der Waals surface area contributed by atoms with Crippen LogP contribution in [0.1, 0.15) is 17.3 Å². The summed E-state index contributed by atoms with van der Waals surface area (Å²) in [6.07, 6.45) is 0. The number of urea groups is 1. The molecule has 132 valence electrons. The van der Waals surface area contributed by atoms with E-state index in [0.29, 0.717) is 23.6 Å². The molecule has 0 fully saturated rings. The smallest absolute Gasteiger partial charge is 0.338 e. The first kappa shape index (κ1) is 18.3. The average Bonchev–Trinajstić information content (AvgIpc) is 2.61. The van der Waals surface area contributed by atoms with Gasteiger partial charge in [-0.15, -0.1) is 0 Å². The molecule has 2 aromatic rings. The van der Waals surface area contributed by atoms with E-state index in [4.69, 9.17) is 9.47 Å². The van der Waals surface area contributed by atoms with Crippen LogP contribution in [0.5, 0.6) is 5.75 Å². The summed E-state index contributed by atoms with van der Waals surface area (Å²) in [6.45, 7) is 2.57. The van der Waals surface area contributed by atoms with E-state index >= 15 is 0 Å². The molecule has 0 aliphatic rings. The first-order valence-electron chi connectivity index (χ1n) is 7.79. The van der Waals surface area contributed by atoms with E-state index in [9.17, 15) is 14.0 Å². The Bertz CT molecular complexity index is 702. The second kappa shape index (κ2) is 9.27. The topological polar surface area (TPSA) is 76.7 Å². The third-order valence-corrected chi connectivity index (χ3v) is 3.12. The number of benzene rings is 2. The number of esters is 1. The van der Waals surface area contributed by atoms with Crippen molar-refractivity contribution in [3.8, 4) is 5.75 Å². The van der Waals surface area contributed by atoms with Crippen LogP contribution >= 0.6 is 0 Å². The van der Waals surface area contributed by atoms with E-state index in [2.05, 4.69) is 10.6 Å². The second-order valence-electron chi connectivity index (χ2n) is 4.98. The van der Waals surface area contributed by atoms with E-state index in [1.807, 2.05) is 0 Å². The molecule has 2 N–H and O–H groups in total. The lowest BCUT2D eigenvalue weighted by Gasteiger charge is -2.09. The number of hydrogen-bond donors (Lipinski definition) is 2. The molecule has 2 aromatic carbocycles. The van der Waals surface area contributed by atoms with Crippen LogP contribution in [-0.4, -0.2) is 31.8 Å². The van der Waals surface area contributed by atoms with Gasteiger partial charge >= 0.3 is 12.0 Å². The highest BCUT2D eigenvalue weighted by atomic mass is 19.1. The van der Waals surface area contributed by atoms with E-state index in [0.717, 1.165) is 0 Å². The summed E-state index contributed by atoms with van der Waals surface area (Å²) >= 11 is 0. The SMILES string of the molecule is CCOC(=O)c1ccc(NC(=O)NCCOc2ccc(F)cc2)cc1. The number of nitrogens with one attached hydrogen (secondary N) is 2. The van der Waals surface area contributed by atoms with Gasteiger partial charge in [-0.05, 0) is 55.5 Å². The molecule has 7 heteroatoms. The highest BCUT2D eigenvalue weighted by Gasteiger charge is 2.07. The molecule has 0 aliphatic heterocycles. The van der Waals surface area contributed by atoms with Gasteiger partial charge in [0.05, 0.1) is 18.7 Å². The minimum absolute atomic E-state index is 0.251. The Balaban J connectivity index is 1.71. The highest BCUT2D eigenvalue weighted by molar-refractivity contribution is 5.92. The van der Waals surface area contributed by atoms with Gasteiger partial charge in [-0.3, -0.25) is 0 Å². The number of ether oxygens (including phenoxy) is 2. The van der Waals surface area contributed by atoms with Crippen molar-refractivity contribution in [1.82, 2.24) is 5.32 Å². The van der Waals surface area contributed by atoms with E-state index < -0.39 is 12.0 Å². The molecule has 2 rings (SSSR count). The van der Waals surface area contributed by atoms with Gasteiger partial charge < -0.3 is 20.1 Å². The maximum absolute atomic E-state index is 12.7. The Morgan fingerprint density at radius 2 is 1.72 bits per heavy atom. The highest BCUT2D eigenvalue weighted by Crippen LogP contribution is 2.11. The second-order valence-corrected chi connectivity index (χ2v) is 4.98. The molecular formula is C18H19FN2O4. The fraction of sp³-hybridized carbons (Fsp3) is 0.222. The van der Waals surface area contributed by atoms with Crippen LogP contribution in [0.3, 0.4) is 0 Å². The predicted molar refractivity (Wildman–Crippen MR) is 91.3 cm³/mol. The molecule has 0 spiro atoms. The van der Waals surface area contributed by atoms with Crippen molar-refractivity contribution in [2.75, 3.05) is 25.1 Å². The quantitative estimate of drug-likeness (QED) is 0.596. The number of rotatable bonds is 7. The summed E-state index contributed by atoms with van der Waals surface area (Å²) < 4.78 is 23.0. The zero-order chi connectivity index (χ0) is 18.1. The maximum atomic E-state index is 12.7. The molecule has 6 nitrogen and oxygen atoms in total. The lowest BCUT2D eigenvalue weighted by atomic mass is 10.2. The Morgan fingerprint density at radius 3 is 2.36 bits per heavy atom. The summed E-state index contributed by atoms with van der Waals surface area (Å²) in [5.41, 5.74) is 0.963. The number of hydrogen-bond acceptors (Lipinski definition) is 4. The van der Waals surface area contributed by atoms with Gasteiger partial charge in [0, 0.05) is 5.69 Å². The van der Waals surface area contributed by atoms with Crippen LogP contribution in [0.4, 0.5) is 14.9 Å². The lowest BCUT2D eigenvalue weighted by molar-refractivity contribution is 0.0526. The molecular weight excluding hydrogens is 327 g/mol. The summed E-state index contributed by atoms with van der Waals surface area (Å²) in [6, 6.07) is 11.6. The monoisotopic (exact) mass is 346 g/mol. The van der Waals surface area contributed by atoms with Gasteiger partial charge in [-0.25, -0.2) is 14.0 Å². The van der Waals surface area contributed by atoms with Gasteiger partial charge in [0.25, 0.3) is 0 Å². The van der Waals surface area contributed by atoms with Crippen molar-refractivity contribution in [1.29, 1.82) is 0 Å². The zero-order valence-corrected chi connectivity index (χ0v) is 13.8. The molecule has 0 aliphatic carbocycles. The normalized spacial score (nSPS) is 10.0. The maximum Gasteiger partial charge on any atom is 0.338 e. The molecule has 0 bridgehead atoms. The molecule has 0 aromatic heterocycles. The fourth-order valence-electron chi connectivity index (χ4n) is 1.94. The molecule has 0 saturated carbocycles. The van der Waals surface area contributed by atoms with Crippen molar-refractivity contribution in [3.63, 3.8) is 0 Å². The first-order chi connectivity index (χ1) is 12.1. The first-order valence-corrected chi connectivity index (χ1v) is 7.79. The lowest BCUT2D eigenvalue weighted by Crippen LogP contribution is -2.32. The summed E-state index contributed by atoms with van der Waals surface area (Å²) in [5.74, 6) is -0.214. The van der Waals surface area contributed by atoms with Crippen LogP contribution in [0.15, 0.2) is 48.5 Å². The molecule has 2 amide bonds. The van der Waals surface area contributed by atoms with Gasteiger partial charge in [0.2, 0.25) is 0 Å². The van der Waals surface area contributed by atoms with E-state index in [-0.39, 0.29) is 19.0 Å². The molecule has 0 atom stereocenters. The van der Waals surface area contributed by atoms with E-state index in [1.54, 1.807) is 31.2 Å². The van der Waals surface area contributed by atoms with Crippen molar-refractivity contribution < 1.29 is 23.5 Å². The van der Waals surface area contributed by atoms with Crippen LogP contribution < -0.4 is 15.4 Å².